The van der Waals surface area contributed by atoms with Crippen LogP contribution in [0.4, 0.5) is 5.69 Å². The summed E-state index contributed by atoms with van der Waals surface area (Å²) in [5.74, 6) is 0.146. The van der Waals surface area contributed by atoms with Gasteiger partial charge in [-0.05, 0) is 38.0 Å². The first-order chi connectivity index (χ1) is 11.0. The van der Waals surface area contributed by atoms with Crippen molar-refractivity contribution in [1.29, 1.82) is 0 Å². The second-order valence-corrected chi connectivity index (χ2v) is 6.70. The number of aromatic nitrogens is 2. The molecular weight excluding hydrogens is 335 g/mol. The molecule has 5 nitrogen and oxygen atoms in total. The van der Waals surface area contributed by atoms with Gasteiger partial charge in [0.25, 0.3) is 0 Å². The van der Waals surface area contributed by atoms with E-state index in [-0.39, 0.29) is 18.0 Å². The Kier molecular flexibility index (Phi) is 4.78. The van der Waals surface area contributed by atoms with Crippen molar-refractivity contribution < 1.29 is 4.79 Å². The van der Waals surface area contributed by atoms with E-state index in [0.717, 1.165) is 24.2 Å². The highest BCUT2D eigenvalue weighted by atomic mass is 35.5. The highest BCUT2D eigenvalue weighted by Crippen LogP contribution is 2.26. The van der Waals surface area contributed by atoms with Crippen molar-refractivity contribution in [3.8, 4) is 5.69 Å². The second-order valence-electron chi connectivity index (χ2n) is 5.85. The molecule has 23 heavy (non-hydrogen) atoms. The fourth-order valence-electron chi connectivity index (χ4n) is 2.84. The molecule has 7 heteroatoms. The summed E-state index contributed by atoms with van der Waals surface area (Å²) in [5, 5.41) is 11.7. The smallest absolute Gasteiger partial charge is 0.220 e. The van der Waals surface area contributed by atoms with Crippen LogP contribution in [0.2, 0.25) is 10.0 Å². The van der Waals surface area contributed by atoms with Crippen molar-refractivity contribution in [3.63, 3.8) is 0 Å². The lowest BCUT2D eigenvalue weighted by Crippen LogP contribution is -2.31. The Balaban J connectivity index is 1.64. The third-order valence-corrected chi connectivity index (χ3v) is 4.38. The zero-order valence-corrected chi connectivity index (χ0v) is 14.2. The number of benzene rings is 1. The molecule has 0 aliphatic carbocycles. The van der Waals surface area contributed by atoms with Crippen LogP contribution in [-0.2, 0) is 4.79 Å². The molecule has 1 amide bonds. The number of hydrogen-bond acceptors (Lipinski definition) is 3. The number of hydrogen-bond donors (Lipinski definition) is 2. The van der Waals surface area contributed by atoms with Crippen molar-refractivity contribution >= 4 is 34.8 Å². The Morgan fingerprint density at radius 3 is 2.91 bits per heavy atom. The van der Waals surface area contributed by atoms with Crippen LogP contribution < -0.4 is 10.6 Å². The van der Waals surface area contributed by atoms with Gasteiger partial charge < -0.3 is 10.6 Å². The quantitative estimate of drug-likeness (QED) is 0.863. The van der Waals surface area contributed by atoms with Crippen molar-refractivity contribution in [3.05, 3.63) is 40.6 Å². The van der Waals surface area contributed by atoms with Crippen LogP contribution in [0.15, 0.2) is 30.6 Å². The molecule has 1 saturated heterocycles. The summed E-state index contributed by atoms with van der Waals surface area (Å²) in [4.78, 5) is 11.2. The fraction of sp³-hybridized carbons (Fsp3) is 0.375. The van der Waals surface area contributed by atoms with E-state index < -0.39 is 0 Å². The number of carbonyl (C=O) groups excluding carboxylic acids is 1. The lowest BCUT2D eigenvalue weighted by molar-refractivity contribution is -0.119. The minimum absolute atomic E-state index is 0.146. The monoisotopic (exact) mass is 352 g/mol. The Labute approximate surface area is 145 Å². The molecule has 122 valence electrons. The van der Waals surface area contributed by atoms with Gasteiger partial charge in [0.2, 0.25) is 5.91 Å². The second kappa shape index (κ2) is 6.81. The molecule has 0 spiro atoms. The maximum absolute atomic E-state index is 11.2. The molecule has 2 atom stereocenters. The molecule has 2 N–H and O–H groups in total. The number of halogens is 2. The van der Waals surface area contributed by atoms with Gasteiger partial charge in [-0.2, -0.15) is 5.10 Å². The minimum atomic E-state index is 0.146. The molecule has 0 radical (unpaired) electrons. The Morgan fingerprint density at radius 2 is 2.30 bits per heavy atom. The van der Waals surface area contributed by atoms with Gasteiger partial charge in [0.1, 0.15) is 0 Å². The predicted octanol–water partition coefficient (Wildman–Crippen LogP) is 3.65. The number of amides is 1. The van der Waals surface area contributed by atoms with Crippen LogP contribution >= 0.6 is 23.2 Å². The minimum Gasteiger partial charge on any atom is -0.382 e. The first kappa shape index (κ1) is 16.1. The van der Waals surface area contributed by atoms with E-state index in [2.05, 4.69) is 22.7 Å². The molecule has 2 aromatic rings. The molecular formula is C16H18Cl2N4O. The third kappa shape index (κ3) is 3.98. The van der Waals surface area contributed by atoms with Crippen molar-refractivity contribution in [2.24, 2.45) is 0 Å². The molecule has 3 rings (SSSR count). The van der Waals surface area contributed by atoms with E-state index in [1.165, 1.54) is 0 Å². The highest BCUT2D eigenvalue weighted by molar-refractivity contribution is 6.32. The topological polar surface area (TPSA) is 59.0 Å². The molecule has 1 aromatic carbocycles. The average Bonchev–Trinajstić information content (AvgIpc) is 3.08. The molecule has 1 aliphatic heterocycles. The molecule has 1 fully saturated rings. The zero-order valence-electron chi connectivity index (χ0n) is 12.7. The van der Waals surface area contributed by atoms with Gasteiger partial charge in [-0.15, -0.1) is 0 Å². The Hall–Kier alpha value is -1.72. The van der Waals surface area contributed by atoms with Gasteiger partial charge in [0.15, 0.2) is 0 Å². The van der Waals surface area contributed by atoms with E-state index in [9.17, 15) is 4.79 Å². The summed E-state index contributed by atoms with van der Waals surface area (Å²) >= 11 is 12.2. The Bertz CT molecular complexity index is 716. The lowest BCUT2D eigenvalue weighted by atomic mass is 10.1. The van der Waals surface area contributed by atoms with Gasteiger partial charge in [0.05, 0.1) is 21.9 Å². The molecule has 2 heterocycles. The summed E-state index contributed by atoms with van der Waals surface area (Å²) in [5.41, 5.74) is 1.72. The van der Waals surface area contributed by atoms with Crippen LogP contribution in [0.25, 0.3) is 5.69 Å². The van der Waals surface area contributed by atoms with E-state index in [0.29, 0.717) is 16.5 Å². The largest absolute Gasteiger partial charge is 0.382 e. The van der Waals surface area contributed by atoms with Crippen LogP contribution in [0.1, 0.15) is 26.2 Å². The number of carbonyl (C=O) groups is 1. The summed E-state index contributed by atoms with van der Waals surface area (Å²) in [6.45, 7) is 2.10. The van der Waals surface area contributed by atoms with E-state index in [1.807, 2.05) is 18.2 Å². The molecule has 0 saturated carbocycles. The standard InChI is InChI=1S/C16H18Cl2N4O/c1-10(6-12-3-5-16(23)21-12)20-13-2-4-15(14(18)7-13)22-9-11(17)8-19-22/h2,4,7-10,12,20H,3,5-6H2,1H3,(H,21,23). The van der Waals surface area contributed by atoms with Crippen molar-refractivity contribution in [1.82, 2.24) is 15.1 Å². The summed E-state index contributed by atoms with van der Waals surface area (Å²) in [6.07, 6.45) is 5.71. The van der Waals surface area contributed by atoms with Crippen molar-refractivity contribution in [2.75, 3.05) is 5.32 Å². The first-order valence-electron chi connectivity index (χ1n) is 7.57. The number of nitrogens with one attached hydrogen (secondary N) is 2. The number of anilines is 1. The van der Waals surface area contributed by atoms with Gasteiger partial charge in [-0.1, -0.05) is 23.2 Å². The summed E-state index contributed by atoms with van der Waals surface area (Å²) < 4.78 is 1.64. The van der Waals surface area contributed by atoms with E-state index in [4.69, 9.17) is 23.2 Å². The fourth-order valence-corrected chi connectivity index (χ4v) is 3.24. The number of nitrogens with zero attached hydrogens (tertiary/aromatic N) is 2. The normalized spacial score (nSPS) is 18.7. The van der Waals surface area contributed by atoms with Crippen LogP contribution in [0, 0.1) is 0 Å². The molecule has 1 aromatic heterocycles. The zero-order chi connectivity index (χ0) is 16.4. The van der Waals surface area contributed by atoms with Crippen LogP contribution in [0.3, 0.4) is 0 Å². The maximum Gasteiger partial charge on any atom is 0.220 e. The van der Waals surface area contributed by atoms with Crippen LogP contribution in [-0.4, -0.2) is 27.8 Å². The summed E-state index contributed by atoms with van der Waals surface area (Å²) in [7, 11) is 0. The molecule has 2 unspecified atom stereocenters. The highest BCUT2D eigenvalue weighted by Gasteiger charge is 2.22. The maximum atomic E-state index is 11.2. The molecule has 1 aliphatic rings. The Morgan fingerprint density at radius 1 is 1.48 bits per heavy atom. The van der Waals surface area contributed by atoms with E-state index in [1.54, 1.807) is 17.1 Å². The number of rotatable bonds is 5. The van der Waals surface area contributed by atoms with Gasteiger partial charge in [-0.25, -0.2) is 4.68 Å². The first-order valence-corrected chi connectivity index (χ1v) is 8.33. The van der Waals surface area contributed by atoms with E-state index >= 15 is 0 Å². The average molecular weight is 353 g/mol. The third-order valence-electron chi connectivity index (χ3n) is 3.88. The summed E-state index contributed by atoms with van der Waals surface area (Å²) in [6, 6.07) is 6.22. The predicted molar refractivity (Wildman–Crippen MR) is 92.5 cm³/mol. The van der Waals surface area contributed by atoms with Gasteiger partial charge in [0, 0.05) is 30.4 Å². The van der Waals surface area contributed by atoms with Crippen LogP contribution in [0.5, 0.6) is 0 Å². The lowest BCUT2D eigenvalue weighted by Gasteiger charge is -2.19. The van der Waals surface area contributed by atoms with Crippen molar-refractivity contribution in [2.45, 2.75) is 38.3 Å². The van der Waals surface area contributed by atoms with Gasteiger partial charge >= 0.3 is 0 Å². The molecule has 0 bridgehead atoms. The SMILES string of the molecule is CC(CC1CCC(=O)N1)Nc1ccc(-n2cc(Cl)cn2)c(Cl)c1. The van der Waals surface area contributed by atoms with Gasteiger partial charge in [-0.3, -0.25) is 4.79 Å².